The number of halogens is 5. The Balaban J connectivity index is 1.63. The second-order valence-corrected chi connectivity index (χ2v) is 16.5. The van der Waals surface area contributed by atoms with Gasteiger partial charge < -0.3 is 34.3 Å². The molecule has 1 unspecified atom stereocenters. The molecule has 0 saturated carbocycles. The topological polar surface area (TPSA) is 165 Å². The summed E-state index contributed by atoms with van der Waals surface area (Å²) in [7, 11) is 1.33. The first-order chi connectivity index (χ1) is 26.3. The summed E-state index contributed by atoms with van der Waals surface area (Å²) in [5.41, 5.74) is -5.64. The zero-order valence-electron chi connectivity index (χ0n) is 33.1. The van der Waals surface area contributed by atoms with Crippen molar-refractivity contribution in [3.05, 3.63) is 35.0 Å². The number of aliphatic hydroxyl groups is 1. The van der Waals surface area contributed by atoms with Crippen LogP contribution >= 0.6 is 0 Å². The van der Waals surface area contributed by atoms with E-state index in [1.54, 1.807) is 60.3 Å². The van der Waals surface area contributed by atoms with E-state index in [4.69, 9.17) is 19.2 Å². The molecule has 3 aromatic rings. The van der Waals surface area contributed by atoms with Crippen molar-refractivity contribution in [3.63, 3.8) is 0 Å². The molecule has 2 bridgehead atoms. The fourth-order valence-corrected chi connectivity index (χ4v) is 8.02. The molecule has 19 heteroatoms. The number of aliphatic hydroxyl groups excluding tert-OH is 1. The number of hydrogen-bond donors (Lipinski definition) is 3. The number of aryl methyl sites for hydroxylation is 1. The van der Waals surface area contributed by atoms with Crippen LogP contribution in [0.3, 0.4) is 0 Å². The van der Waals surface area contributed by atoms with Gasteiger partial charge in [-0.15, -0.1) is 13.2 Å². The largest absolute Gasteiger partial charge is 0.573 e. The molecule has 3 aliphatic heterocycles. The Kier molecular flexibility index (Phi) is 10.2. The highest BCUT2D eigenvalue weighted by Gasteiger charge is 2.62. The summed E-state index contributed by atoms with van der Waals surface area (Å²) < 4.78 is 96.1. The van der Waals surface area contributed by atoms with E-state index in [2.05, 4.69) is 20.4 Å². The summed E-state index contributed by atoms with van der Waals surface area (Å²) in [6.45, 7) is 14.3. The second kappa shape index (κ2) is 14.0. The lowest BCUT2D eigenvalue weighted by Crippen LogP contribution is -2.73. The average molecular weight is 809 g/mol. The van der Waals surface area contributed by atoms with Crippen molar-refractivity contribution in [2.45, 2.75) is 123 Å². The summed E-state index contributed by atoms with van der Waals surface area (Å²) >= 11 is 0. The monoisotopic (exact) mass is 808 g/mol. The second-order valence-electron chi connectivity index (χ2n) is 16.5. The quantitative estimate of drug-likeness (QED) is 0.228. The van der Waals surface area contributed by atoms with Crippen molar-refractivity contribution >= 4 is 40.4 Å². The van der Waals surface area contributed by atoms with Crippen LogP contribution < -0.4 is 25.0 Å². The molecule has 2 aromatic heterocycles. The lowest BCUT2D eigenvalue weighted by atomic mass is 9.87. The van der Waals surface area contributed by atoms with Crippen molar-refractivity contribution < 1.29 is 60.4 Å². The van der Waals surface area contributed by atoms with Crippen molar-refractivity contribution in [2.24, 2.45) is 0 Å². The Morgan fingerprint density at radius 1 is 1.04 bits per heavy atom. The fraction of sp³-hybridized carbons (Fsp3) is 0.553. The van der Waals surface area contributed by atoms with E-state index in [0.717, 1.165) is 6.07 Å². The van der Waals surface area contributed by atoms with E-state index in [-0.39, 0.29) is 40.3 Å². The zero-order valence-corrected chi connectivity index (χ0v) is 33.1. The van der Waals surface area contributed by atoms with E-state index in [0.29, 0.717) is 18.9 Å². The fourth-order valence-electron chi connectivity index (χ4n) is 8.02. The van der Waals surface area contributed by atoms with Crippen LogP contribution in [0.4, 0.5) is 43.0 Å². The number of nitrogens with zero attached hydrogens (tertiary/aromatic N) is 4. The molecule has 5 heterocycles. The van der Waals surface area contributed by atoms with E-state index in [9.17, 15) is 32.7 Å². The molecule has 3 aliphatic rings. The van der Waals surface area contributed by atoms with Gasteiger partial charge in [-0.3, -0.25) is 15.0 Å². The molecule has 3 amide bonds. The third-order valence-electron chi connectivity index (χ3n) is 10.2. The van der Waals surface area contributed by atoms with Gasteiger partial charge in [0.1, 0.15) is 34.5 Å². The molecular formula is C38H45F5N6O8. The number of amides is 3. The van der Waals surface area contributed by atoms with E-state index in [1.165, 1.54) is 18.9 Å². The number of carbonyl (C=O) groups excluding carboxylic acids is 3. The van der Waals surface area contributed by atoms with Gasteiger partial charge in [0.2, 0.25) is 5.88 Å². The minimum absolute atomic E-state index is 0.00412. The molecule has 0 radical (unpaired) electrons. The van der Waals surface area contributed by atoms with Gasteiger partial charge in [-0.25, -0.2) is 28.3 Å². The standard InChI is InChI=1S/C38H45F5N6O8/c1-16-23-24-30(46-26(16)31(51)44-10)48-15-37(18(3)50)12-11-22(49(37)34(53)57-36(7,8)9)28(48)17(2)54-32(24)47-27(25(23)40)20-13-19(45-33(52)56-35(4,5)6)14-21(39)29(20)55-38(41,42)43/h13-14,17-18,22,28,50H,11-12,15H2,1-10H3,(H,44,51)(H,45,52)/t17-,18?,22-,28+,37+/m0/s1. The lowest BCUT2D eigenvalue weighted by molar-refractivity contribution is -0.275. The van der Waals surface area contributed by atoms with Crippen LogP contribution in [0.1, 0.15) is 84.3 Å². The van der Waals surface area contributed by atoms with Crippen LogP contribution in [0.2, 0.25) is 0 Å². The summed E-state index contributed by atoms with van der Waals surface area (Å²) in [6, 6.07) is -0.0800. The molecule has 0 spiro atoms. The summed E-state index contributed by atoms with van der Waals surface area (Å²) in [5, 5.41) is 15.7. The first kappa shape index (κ1) is 41.4. The molecule has 0 aliphatic carbocycles. The highest BCUT2D eigenvalue weighted by molar-refractivity contribution is 6.07. The minimum atomic E-state index is -5.46. The number of fused-ring (bicyclic) bond motifs is 5. The van der Waals surface area contributed by atoms with Crippen LogP contribution in [0.5, 0.6) is 11.6 Å². The van der Waals surface area contributed by atoms with Gasteiger partial charge in [0.25, 0.3) is 5.91 Å². The van der Waals surface area contributed by atoms with Crippen LogP contribution in [0.15, 0.2) is 12.1 Å². The number of rotatable bonds is 5. The van der Waals surface area contributed by atoms with Gasteiger partial charge >= 0.3 is 18.5 Å². The Morgan fingerprint density at radius 2 is 1.68 bits per heavy atom. The Bertz CT molecular complexity index is 2150. The molecule has 310 valence electrons. The molecular weight excluding hydrogens is 763 g/mol. The summed E-state index contributed by atoms with van der Waals surface area (Å²) in [4.78, 5) is 52.3. The zero-order chi connectivity index (χ0) is 42.3. The minimum Gasteiger partial charge on any atom is -0.472 e. The Hall–Kier alpha value is -5.20. The maximum absolute atomic E-state index is 17.4. The highest BCUT2D eigenvalue weighted by atomic mass is 19.4. The predicted molar refractivity (Wildman–Crippen MR) is 196 cm³/mol. The van der Waals surface area contributed by atoms with Crippen LogP contribution in [-0.2, 0) is 9.47 Å². The van der Waals surface area contributed by atoms with Crippen LogP contribution in [-0.4, -0.2) is 99.1 Å². The maximum Gasteiger partial charge on any atom is 0.573 e. The van der Waals surface area contributed by atoms with Gasteiger partial charge in [0, 0.05) is 30.7 Å². The third kappa shape index (κ3) is 7.52. The number of benzene rings is 1. The van der Waals surface area contributed by atoms with Crippen molar-refractivity contribution in [1.29, 1.82) is 0 Å². The van der Waals surface area contributed by atoms with Gasteiger partial charge in [0.05, 0.1) is 34.7 Å². The Morgan fingerprint density at radius 3 is 2.26 bits per heavy atom. The normalized spacial score (nSPS) is 22.3. The molecule has 6 rings (SSSR count). The van der Waals surface area contributed by atoms with Gasteiger partial charge in [-0.05, 0) is 86.8 Å². The first-order valence-corrected chi connectivity index (χ1v) is 18.3. The highest BCUT2D eigenvalue weighted by Crippen LogP contribution is 2.52. The van der Waals surface area contributed by atoms with Crippen LogP contribution in [0, 0.1) is 18.6 Å². The number of aromatic nitrogens is 2. The molecule has 1 aromatic carbocycles. The smallest absolute Gasteiger partial charge is 0.472 e. The van der Waals surface area contributed by atoms with Gasteiger partial charge in [-0.1, -0.05) is 0 Å². The summed E-state index contributed by atoms with van der Waals surface area (Å²) in [6.07, 6.45) is -8.55. The molecule has 57 heavy (non-hydrogen) atoms. The number of carbonyl (C=O) groups is 3. The third-order valence-corrected chi connectivity index (χ3v) is 10.2. The number of alkyl halides is 3. The summed E-state index contributed by atoms with van der Waals surface area (Å²) in [5.74, 6) is -5.47. The Labute approximate surface area is 325 Å². The molecule has 5 atom stereocenters. The number of anilines is 2. The van der Waals surface area contributed by atoms with Crippen molar-refractivity contribution in [2.75, 3.05) is 23.8 Å². The first-order valence-electron chi connectivity index (χ1n) is 18.3. The molecule has 3 N–H and O–H groups in total. The number of ether oxygens (including phenoxy) is 4. The van der Waals surface area contributed by atoms with E-state index < -0.39 is 99.8 Å². The SMILES string of the molecule is CNC(=O)c1nc2c3c(nc(-c4cc(NC(=O)OC(C)(C)C)cc(F)c4OC(F)(F)F)c(F)c3c1C)O[C@@H](C)[C@@H]1[C@@H]3CC[C@](C(C)O)(CN21)N3C(=O)OC(C)(C)C. The number of pyridine rings is 2. The average Bonchev–Trinajstić information content (AvgIpc) is 3.28. The number of hydrogen-bond acceptors (Lipinski definition) is 11. The number of nitrogens with one attached hydrogen (secondary N) is 2. The maximum atomic E-state index is 17.4. The molecule has 14 nitrogen and oxygen atoms in total. The van der Waals surface area contributed by atoms with Crippen molar-refractivity contribution in [1.82, 2.24) is 20.2 Å². The molecule has 2 saturated heterocycles. The van der Waals surface area contributed by atoms with E-state index >= 15 is 8.78 Å². The lowest BCUT2D eigenvalue weighted by Gasteiger charge is -2.54. The number of piperazine rings is 1. The van der Waals surface area contributed by atoms with Crippen molar-refractivity contribution in [3.8, 4) is 22.9 Å². The van der Waals surface area contributed by atoms with Gasteiger partial charge in [-0.2, -0.15) is 0 Å². The van der Waals surface area contributed by atoms with Gasteiger partial charge in [0.15, 0.2) is 17.4 Å². The van der Waals surface area contributed by atoms with Crippen LogP contribution in [0.25, 0.3) is 22.0 Å². The molecule has 2 fully saturated rings. The predicted octanol–water partition coefficient (Wildman–Crippen LogP) is 6.98. The van der Waals surface area contributed by atoms with E-state index in [1.807, 2.05) is 0 Å².